The van der Waals surface area contributed by atoms with E-state index in [-0.39, 0.29) is 0 Å². The molecule has 0 N–H and O–H groups in total. The molecule has 0 amide bonds. The Morgan fingerprint density at radius 1 is 0.204 bits per heavy atom. The Morgan fingerprint density at radius 3 is 0.870 bits per heavy atom. The van der Waals surface area contributed by atoms with Gasteiger partial charge in [-0.25, -0.2) is 0 Å². The predicted molar refractivity (Wildman–Crippen MR) is 237 cm³/mol. The third-order valence-electron chi connectivity index (χ3n) is 9.18. The lowest BCUT2D eigenvalue weighted by Gasteiger charge is -2.17. The van der Waals surface area contributed by atoms with Crippen molar-refractivity contribution in [3.63, 3.8) is 0 Å². The van der Waals surface area contributed by atoms with Gasteiger partial charge in [0.25, 0.3) is 0 Å². The highest BCUT2D eigenvalue weighted by Crippen LogP contribution is 2.38. The van der Waals surface area contributed by atoms with Crippen LogP contribution in [-0.2, 0) is 0 Å². The summed E-state index contributed by atoms with van der Waals surface area (Å²) in [4.78, 5) is 0. The lowest BCUT2D eigenvalue weighted by Crippen LogP contribution is -1.94. The predicted octanol–water partition coefficient (Wildman–Crippen LogP) is 14.8. The van der Waals surface area contributed by atoms with E-state index < -0.39 is 0 Å². The van der Waals surface area contributed by atoms with E-state index in [0.717, 1.165) is 33.4 Å². The number of hydrogen-bond donors (Lipinski definition) is 0. The van der Waals surface area contributed by atoms with Crippen LogP contribution in [0.25, 0.3) is 70.9 Å². The molecule has 7 rings (SSSR count). The molecule has 0 atom stereocenters. The quantitative estimate of drug-likeness (QED) is 0.0884. The Labute approximate surface area is 320 Å². The summed E-state index contributed by atoms with van der Waals surface area (Å²) in [6.45, 7) is 0. The number of hydrogen-bond acceptors (Lipinski definition) is 0. The summed E-state index contributed by atoms with van der Waals surface area (Å²) >= 11 is 0. The zero-order valence-electron chi connectivity index (χ0n) is 30.2. The summed E-state index contributed by atoms with van der Waals surface area (Å²) in [5, 5.41) is 0. The van der Waals surface area contributed by atoms with Crippen molar-refractivity contribution in [1.29, 1.82) is 0 Å². The summed E-state index contributed by atoms with van der Waals surface area (Å²) in [7, 11) is 0. The highest BCUT2D eigenvalue weighted by Gasteiger charge is 2.14. The molecule has 0 saturated heterocycles. The van der Waals surface area contributed by atoms with Gasteiger partial charge in [0.1, 0.15) is 0 Å². The first-order chi connectivity index (χ1) is 26.8. The summed E-state index contributed by atoms with van der Waals surface area (Å²) in [6.07, 6.45) is 26.1. The number of benzene rings is 7. The second kappa shape index (κ2) is 18.5. The van der Waals surface area contributed by atoms with Crippen molar-refractivity contribution in [2.75, 3.05) is 0 Å². The van der Waals surface area contributed by atoms with Crippen molar-refractivity contribution in [3.05, 3.63) is 251 Å². The van der Waals surface area contributed by atoms with Crippen LogP contribution in [0.2, 0.25) is 0 Å². The first-order valence-corrected chi connectivity index (χ1v) is 18.4. The van der Waals surface area contributed by atoms with Gasteiger partial charge in [-0.3, -0.25) is 0 Å². The van der Waals surface area contributed by atoms with Crippen LogP contribution in [0.3, 0.4) is 0 Å². The molecule has 0 unspecified atom stereocenters. The van der Waals surface area contributed by atoms with Crippen molar-refractivity contribution in [3.8, 4) is 22.3 Å². The van der Waals surface area contributed by atoms with Crippen LogP contribution in [0, 0.1) is 0 Å². The Morgan fingerprint density at radius 2 is 0.500 bits per heavy atom. The fraction of sp³-hybridized carbons (Fsp3) is 0. The molecular formula is C54H42. The standard InChI is InChI=1S/C54H42/c1-5-21-43(22-6-1)29-13-15-31-47-33-17-19-35-51(47)53-41-50(40-38-46-27-11-4-12-28-46)54(42-49(53)39-37-45-25-9-3-10-26-45)52-36-20-18-34-48(52)32-16-14-30-44-23-7-2-8-24-44/h1-42H/b29-13+,30-14+,31-15+,32-16+,39-37+,40-38+. The number of allylic oxidation sites excluding steroid dienone is 4. The van der Waals surface area contributed by atoms with Crippen LogP contribution in [0.1, 0.15) is 44.5 Å². The highest BCUT2D eigenvalue weighted by molar-refractivity contribution is 5.93. The maximum absolute atomic E-state index is 2.36. The average molecular weight is 691 g/mol. The minimum Gasteiger partial charge on any atom is -0.0622 e. The first kappa shape index (κ1) is 35.4. The van der Waals surface area contributed by atoms with Crippen molar-refractivity contribution in [2.45, 2.75) is 0 Å². The highest BCUT2D eigenvalue weighted by atomic mass is 14.2. The van der Waals surface area contributed by atoms with E-state index in [2.05, 4.69) is 243 Å². The summed E-state index contributed by atoms with van der Waals surface area (Å²) in [5.74, 6) is 0. The van der Waals surface area contributed by atoms with E-state index in [4.69, 9.17) is 0 Å². The summed E-state index contributed by atoms with van der Waals surface area (Å²) in [6, 6.07) is 63.9. The summed E-state index contributed by atoms with van der Waals surface area (Å²) < 4.78 is 0. The molecule has 0 saturated carbocycles. The SMILES string of the molecule is C(/C=C/c1ccccc1-c1cc(/C=C/c2ccccc2)c(-c2ccccc2/C=C/C=C/c2ccccc2)cc1/C=C/c1ccccc1)=C\c1ccccc1. The number of rotatable bonds is 12. The lowest BCUT2D eigenvalue weighted by atomic mass is 9.87. The summed E-state index contributed by atoms with van der Waals surface area (Å²) in [5.41, 5.74) is 14.0. The molecule has 0 heteroatoms. The minimum atomic E-state index is 1.15. The average Bonchev–Trinajstić information content (AvgIpc) is 3.24. The van der Waals surface area contributed by atoms with Gasteiger partial charge in [-0.05, 0) is 78.9 Å². The molecule has 7 aromatic carbocycles. The molecule has 258 valence electrons. The van der Waals surface area contributed by atoms with Crippen LogP contribution in [-0.4, -0.2) is 0 Å². The molecule has 0 aliphatic rings. The first-order valence-electron chi connectivity index (χ1n) is 18.4. The van der Waals surface area contributed by atoms with Gasteiger partial charge in [-0.2, -0.15) is 0 Å². The zero-order chi connectivity index (χ0) is 36.6. The van der Waals surface area contributed by atoms with Gasteiger partial charge in [0, 0.05) is 0 Å². The molecule has 0 spiro atoms. The third-order valence-corrected chi connectivity index (χ3v) is 9.18. The van der Waals surface area contributed by atoms with Crippen LogP contribution in [0.5, 0.6) is 0 Å². The van der Waals surface area contributed by atoms with Gasteiger partial charge >= 0.3 is 0 Å². The fourth-order valence-electron chi connectivity index (χ4n) is 6.43. The zero-order valence-corrected chi connectivity index (χ0v) is 30.2. The monoisotopic (exact) mass is 690 g/mol. The van der Waals surface area contributed by atoms with Crippen LogP contribution in [0.15, 0.2) is 206 Å². The van der Waals surface area contributed by atoms with Gasteiger partial charge in [-0.1, -0.05) is 243 Å². The normalized spacial score (nSPS) is 12.0. The van der Waals surface area contributed by atoms with Crippen LogP contribution in [0.4, 0.5) is 0 Å². The molecule has 0 radical (unpaired) electrons. The van der Waals surface area contributed by atoms with Crippen molar-refractivity contribution < 1.29 is 0 Å². The largest absolute Gasteiger partial charge is 0.0622 e. The van der Waals surface area contributed by atoms with Crippen molar-refractivity contribution in [1.82, 2.24) is 0 Å². The molecule has 0 heterocycles. The van der Waals surface area contributed by atoms with E-state index >= 15 is 0 Å². The molecule has 0 nitrogen and oxygen atoms in total. The smallest absolute Gasteiger partial charge is 0.00990 e. The second-order valence-corrected chi connectivity index (χ2v) is 12.9. The van der Waals surface area contributed by atoms with Gasteiger partial charge < -0.3 is 0 Å². The molecule has 0 aromatic heterocycles. The van der Waals surface area contributed by atoms with Crippen molar-refractivity contribution >= 4 is 48.6 Å². The molecule has 0 aliphatic carbocycles. The van der Waals surface area contributed by atoms with Crippen LogP contribution < -0.4 is 0 Å². The van der Waals surface area contributed by atoms with Gasteiger partial charge in [0.05, 0.1) is 0 Å². The van der Waals surface area contributed by atoms with Gasteiger partial charge in [0.2, 0.25) is 0 Å². The molecular weight excluding hydrogens is 649 g/mol. The minimum absolute atomic E-state index is 1.15. The molecule has 54 heavy (non-hydrogen) atoms. The van der Waals surface area contributed by atoms with E-state index in [1.54, 1.807) is 0 Å². The fourth-order valence-corrected chi connectivity index (χ4v) is 6.43. The van der Waals surface area contributed by atoms with E-state index in [1.165, 1.54) is 33.4 Å². The van der Waals surface area contributed by atoms with Crippen molar-refractivity contribution in [2.24, 2.45) is 0 Å². The van der Waals surface area contributed by atoms with Crippen LogP contribution >= 0.6 is 0 Å². The van der Waals surface area contributed by atoms with E-state index in [0.29, 0.717) is 0 Å². The Kier molecular flexibility index (Phi) is 12.1. The maximum Gasteiger partial charge on any atom is -0.00990 e. The second-order valence-electron chi connectivity index (χ2n) is 12.9. The maximum atomic E-state index is 2.36. The third kappa shape index (κ3) is 9.64. The lowest BCUT2D eigenvalue weighted by molar-refractivity contribution is 1.52. The molecule has 0 bridgehead atoms. The molecule has 0 fully saturated rings. The Bertz CT molecular complexity index is 2260. The van der Waals surface area contributed by atoms with E-state index in [9.17, 15) is 0 Å². The Balaban J connectivity index is 1.36. The molecule has 7 aromatic rings. The molecule has 0 aliphatic heterocycles. The Hall–Kier alpha value is -7.02. The topological polar surface area (TPSA) is 0 Å². The van der Waals surface area contributed by atoms with E-state index in [1.807, 2.05) is 12.1 Å². The van der Waals surface area contributed by atoms with Gasteiger partial charge in [0.15, 0.2) is 0 Å². The van der Waals surface area contributed by atoms with Gasteiger partial charge in [-0.15, -0.1) is 0 Å².